The Bertz CT molecular complexity index is 223. The van der Waals surface area contributed by atoms with Crippen molar-refractivity contribution in [3.05, 3.63) is 0 Å². The molecule has 1 saturated carbocycles. The van der Waals surface area contributed by atoms with Gasteiger partial charge in [0.2, 0.25) is 0 Å². The van der Waals surface area contributed by atoms with Crippen molar-refractivity contribution in [2.24, 2.45) is 11.8 Å². The number of likely N-dealkylation sites (N-methyl/N-ethyl adjacent to an activating group) is 1. The lowest BCUT2D eigenvalue weighted by atomic mass is 9.88. The topological polar surface area (TPSA) is 15.3 Å². The standard InChI is InChI=1S/C16H32N2/c1-4-7-13-10-15(17-6-3)12-18(11-13)16(5-2)14-8-9-14/h13-17H,4-12H2,1-3H3. The highest BCUT2D eigenvalue weighted by molar-refractivity contribution is 4.92. The molecule has 2 aliphatic rings. The maximum absolute atomic E-state index is 3.70. The molecule has 0 radical (unpaired) electrons. The third-order valence-electron chi connectivity index (χ3n) is 4.81. The van der Waals surface area contributed by atoms with Crippen LogP contribution < -0.4 is 5.32 Å². The van der Waals surface area contributed by atoms with Gasteiger partial charge in [-0.05, 0) is 50.5 Å². The fraction of sp³-hybridized carbons (Fsp3) is 1.00. The number of piperidine rings is 1. The van der Waals surface area contributed by atoms with Gasteiger partial charge in [-0.3, -0.25) is 4.90 Å². The average Bonchev–Trinajstić information content (AvgIpc) is 3.15. The van der Waals surface area contributed by atoms with Crippen LogP contribution in [0.1, 0.15) is 59.3 Å². The van der Waals surface area contributed by atoms with Gasteiger partial charge in [0.1, 0.15) is 0 Å². The van der Waals surface area contributed by atoms with Crippen molar-refractivity contribution in [2.75, 3.05) is 19.6 Å². The average molecular weight is 252 g/mol. The quantitative estimate of drug-likeness (QED) is 0.748. The molecule has 1 aliphatic heterocycles. The third kappa shape index (κ3) is 3.71. The zero-order valence-electron chi connectivity index (χ0n) is 12.6. The summed E-state index contributed by atoms with van der Waals surface area (Å²) in [6.45, 7) is 10.7. The van der Waals surface area contributed by atoms with E-state index in [0.29, 0.717) is 0 Å². The molecule has 1 heterocycles. The van der Waals surface area contributed by atoms with E-state index >= 15 is 0 Å². The lowest BCUT2D eigenvalue weighted by Gasteiger charge is -2.42. The van der Waals surface area contributed by atoms with Crippen LogP contribution in [0.25, 0.3) is 0 Å². The van der Waals surface area contributed by atoms with E-state index in [4.69, 9.17) is 0 Å². The molecule has 0 bridgehead atoms. The van der Waals surface area contributed by atoms with Gasteiger partial charge in [0.15, 0.2) is 0 Å². The van der Waals surface area contributed by atoms with Gasteiger partial charge in [0.25, 0.3) is 0 Å². The second kappa shape index (κ2) is 6.91. The first-order chi connectivity index (χ1) is 8.78. The lowest BCUT2D eigenvalue weighted by molar-refractivity contribution is 0.0810. The molecule has 1 N–H and O–H groups in total. The van der Waals surface area contributed by atoms with Gasteiger partial charge in [-0.25, -0.2) is 0 Å². The first-order valence-electron chi connectivity index (χ1n) is 8.25. The maximum Gasteiger partial charge on any atom is 0.0198 e. The van der Waals surface area contributed by atoms with Gasteiger partial charge in [-0.2, -0.15) is 0 Å². The minimum Gasteiger partial charge on any atom is -0.313 e. The Labute approximate surface area is 114 Å². The van der Waals surface area contributed by atoms with E-state index in [1.165, 1.54) is 51.6 Å². The first-order valence-corrected chi connectivity index (χ1v) is 8.25. The highest BCUT2D eigenvalue weighted by Crippen LogP contribution is 2.38. The molecule has 0 aromatic heterocycles. The number of likely N-dealkylation sites (tertiary alicyclic amines) is 1. The van der Waals surface area contributed by atoms with Gasteiger partial charge in [-0.1, -0.05) is 27.2 Å². The molecule has 18 heavy (non-hydrogen) atoms. The molecular formula is C16H32N2. The minimum atomic E-state index is 0.744. The molecule has 1 saturated heterocycles. The van der Waals surface area contributed by atoms with Crippen molar-refractivity contribution >= 4 is 0 Å². The summed E-state index contributed by atoms with van der Waals surface area (Å²) < 4.78 is 0. The van der Waals surface area contributed by atoms with E-state index in [0.717, 1.165) is 30.5 Å². The van der Waals surface area contributed by atoms with Crippen LogP contribution in [-0.4, -0.2) is 36.6 Å². The Hall–Kier alpha value is -0.0800. The van der Waals surface area contributed by atoms with Crippen LogP contribution in [0.15, 0.2) is 0 Å². The minimum absolute atomic E-state index is 0.744. The first kappa shape index (κ1) is 14.3. The zero-order valence-corrected chi connectivity index (χ0v) is 12.6. The summed E-state index contributed by atoms with van der Waals surface area (Å²) in [6, 6.07) is 1.62. The number of hydrogen-bond acceptors (Lipinski definition) is 2. The van der Waals surface area contributed by atoms with Gasteiger partial charge < -0.3 is 5.32 Å². The molecule has 2 nitrogen and oxygen atoms in total. The Kier molecular flexibility index (Phi) is 5.50. The molecule has 0 aromatic rings. The number of nitrogens with one attached hydrogen (secondary N) is 1. The summed E-state index contributed by atoms with van der Waals surface area (Å²) in [5.41, 5.74) is 0. The van der Waals surface area contributed by atoms with Crippen molar-refractivity contribution in [3.8, 4) is 0 Å². The van der Waals surface area contributed by atoms with E-state index in [1.54, 1.807) is 0 Å². The van der Waals surface area contributed by atoms with E-state index in [-0.39, 0.29) is 0 Å². The second-order valence-electron chi connectivity index (χ2n) is 6.41. The van der Waals surface area contributed by atoms with E-state index in [1.807, 2.05) is 0 Å². The number of rotatable bonds is 7. The number of nitrogens with zero attached hydrogens (tertiary/aromatic N) is 1. The lowest BCUT2D eigenvalue weighted by Crippen LogP contribution is -2.53. The molecule has 3 atom stereocenters. The summed E-state index contributed by atoms with van der Waals surface area (Å²) in [5.74, 6) is 1.96. The van der Waals surface area contributed by atoms with Crippen LogP contribution in [0.3, 0.4) is 0 Å². The second-order valence-corrected chi connectivity index (χ2v) is 6.41. The van der Waals surface area contributed by atoms with Crippen LogP contribution in [0, 0.1) is 11.8 Å². The van der Waals surface area contributed by atoms with Gasteiger partial charge in [0.05, 0.1) is 0 Å². The van der Waals surface area contributed by atoms with Gasteiger partial charge >= 0.3 is 0 Å². The fourth-order valence-corrected chi connectivity index (χ4v) is 3.94. The molecule has 106 valence electrons. The summed E-state index contributed by atoms with van der Waals surface area (Å²) in [4.78, 5) is 2.83. The van der Waals surface area contributed by atoms with Crippen LogP contribution in [0.4, 0.5) is 0 Å². The van der Waals surface area contributed by atoms with E-state index < -0.39 is 0 Å². The van der Waals surface area contributed by atoms with E-state index in [2.05, 4.69) is 31.0 Å². The summed E-state index contributed by atoms with van der Waals surface area (Å²) >= 11 is 0. The largest absolute Gasteiger partial charge is 0.313 e. The molecule has 0 amide bonds. The van der Waals surface area contributed by atoms with Crippen molar-refractivity contribution in [2.45, 2.75) is 71.4 Å². The summed E-state index contributed by atoms with van der Waals surface area (Å²) in [7, 11) is 0. The Balaban J connectivity index is 1.94. The molecule has 1 aliphatic carbocycles. The normalized spacial score (nSPS) is 31.5. The monoisotopic (exact) mass is 252 g/mol. The Morgan fingerprint density at radius 3 is 2.50 bits per heavy atom. The van der Waals surface area contributed by atoms with Crippen LogP contribution >= 0.6 is 0 Å². The van der Waals surface area contributed by atoms with Crippen molar-refractivity contribution in [1.82, 2.24) is 10.2 Å². The third-order valence-corrected chi connectivity index (χ3v) is 4.81. The Morgan fingerprint density at radius 1 is 1.17 bits per heavy atom. The maximum atomic E-state index is 3.70. The van der Waals surface area contributed by atoms with Crippen molar-refractivity contribution < 1.29 is 0 Å². The SMILES string of the molecule is CCCC1CC(NCC)CN(C(CC)C2CC2)C1. The van der Waals surface area contributed by atoms with Crippen LogP contribution in [0.2, 0.25) is 0 Å². The summed E-state index contributed by atoms with van der Waals surface area (Å²) in [5, 5.41) is 3.70. The van der Waals surface area contributed by atoms with Crippen LogP contribution in [-0.2, 0) is 0 Å². The van der Waals surface area contributed by atoms with E-state index in [9.17, 15) is 0 Å². The fourth-order valence-electron chi connectivity index (χ4n) is 3.94. The molecule has 0 aromatic carbocycles. The van der Waals surface area contributed by atoms with Crippen LogP contribution in [0.5, 0.6) is 0 Å². The van der Waals surface area contributed by atoms with Crippen molar-refractivity contribution in [1.29, 1.82) is 0 Å². The Morgan fingerprint density at radius 2 is 1.94 bits per heavy atom. The number of hydrogen-bond donors (Lipinski definition) is 1. The molecule has 2 heteroatoms. The summed E-state index contributed by atoms with van der Waals surface area (Å²) in [6.07, 6.45) is 8.48. The highest BCUT2D eigenvalue weighted by Gasteiger charge is 2.37. The molecule has 3 unspecified atom stereocenters. The highest BCUT2D eigenvalue weighted by atomic mass is 15.2. The van der Waals surface area contributed by atoms with Crippen molar-refractivity contribution in [3.63, 3.8) is 0 Å². The predicted molar refractivity (Wildman–Crippen MR) is 78.9 cm³/mol. The molecular weight excluding hydrogens is 220 g/mol. The molecule has 2 fully saturated rings. The van der Waals surface area contributed by atoms with Gasteiger partial charge in [-0.15, -0.1) is 0 Å². The predicted octanol–water partition coefficient (Wildman–Crippen LogP) is 3.28. The smallest absolute Gasteiger partial charge is 0.0198 e. The van der Waals surface area contributed by atoms with Gasteiger partial charge in [0, 0.05) is 25.2 Å². The molecule has 2 rings (SSSR count). The molecule has 0 spiro atoms. The zero-order chi connectivity index (χ0) is 13.0.